The summed E-state index contributed by atoms with van der Waals surface area (Å²) >= 11 is 6.13. The molecule has 0 heterocycles. The average Bonchev–Trinajstić information content (AvgIpc) is 2.24. The Hall–Kier alpha value is -0.990. The molecule has 0 aromatic heterocycles. The zero-order valence-corrected chi connectivity index (χ0v) is 11.5. The molecule has 0 unspecified atom stereocenters. The van der Waals surface area contributed by atoms with Gasteiger partial charge in [0.25, 0.3) is 0 Å². The predicted molar refractivity (Wildman–Crippen MR) is 73.7 cm³/mol. The van der Waals surface area contributed by atoms with Crippen molar-refractivity contribution in [1.29, 1.82) is 0 Å². The van der Waals surface area contributed by atoms with E-state index in [1.54, 1.807) is 6.08 Å². The highest BCUT2D eigenvalue weighted by atomic mass is 35.5. The van der Waals surface area contributed by atoms with Gasteiger partial charge in [-0.1, -0.05) is 30.3 Å². The minimum absolute atomic E-state index is 0.102. The molecule has 2 nitrogen and oxygen atoms in total. The Morgan fingerprint density at radius 3 is 2.65 bits per heavy atom. The van der Waals surface area contributed by atoms with Crippen molar-refractivity contribution in [3.8, 4) is 5.75 Å². The number of ether oxygens (including phenoxy) is 1. The zero-order chi connectivity index (χ0) is 12.9. The lowest BCUT2D eigenvalue weighted by Gasteiger charge is -2.20. The molecule has 1 rings (SSSR count). The van der Waals surface area contributed by atoms with Gasteiger partial charge in [0.1, 0.15) is 12.4 Å². The summed E-state index contributed by atoms with van der Waals surface area (Å²) in [6, 6.07) is 5.84. The summed E-state index contributed by atoms with van der Waals surface area (Å²) in [5, 5.41) is 4.05. The van der Waals surface area contributed by atoms with E-state index in [0.717, 1.165) is 12.1 Å². The van der Waals surface area contributed by atoms with Crippen molar-refractivity contribution in [2.24, 2.45) is 0 Å². The fourth-order valence-electron chi connectivity index (χ4n) is 1.29. The minimum atomic E-state index is 0.102. The third-order valence-electron chi connectivity index (χ3n) is 2.18. The van der Waals surface area contributed by atoms with Gasteiger partial charge in [-0.05, 0) is 38.5 Å². The summed E-state index contributed by atoms with van der Waals surface area (Å²) in [6.07, 6.45) is 1.70. The quantitative estimate of drug-likeness (QED) is 0.806. The highest BCUT2D eigenvalue weighted by Gasteiger charge is 2.09. The molecule has 17 heavy (non-hydrogen) atoms. The molecular formula is C14H20ClNO. The van der Waals surface area contributed by atoms with Gasteiger partial charge in [0.2, 0.25) is 0 Å². The van der Waals surface area contributed by atoms with Crippen LogP contribution < -0.4 is 10.1 Å². The largest absolute Gasteiger partial charge is 0.488 e. The van der Waals surface area contributed by atoms with Crippen molar-refractivity contribution >= 4 is 11.6 Å². The molecule has 1 N–H and O–H groups in total. The zero-order valence-electron chi connectivity index (χ0n) is 10.7. The molecule has 0 saturated carbocycles. The molecule has 3 heteroatoms. The molecule has 1 aromatic rings. The molecule has 0 amide bonds. The molecule has 94 valence electrons. The predicted octanol–water partition coefficient (Wildman–Crippen LogP) is 3.79. The van der Waals surface area contributed by atoms with Gasteiger partial charge in [-0.3, -0.25) is 0 Å². The number of nitrogens with one attached hydrogen (secondary N) is 1. The van der Waals surface area contributed by atoms with Gasteiger partial charge in [0, 0.05) is 12.1 Å². The van der Waals surface area contributed by atoms with Crippen LogP contribution in [-0.2, 0) is 6.54 Å². The molecule has 0 atom stereocenters. The highest BCUT2D eigenvalue weighted by molar-refractivity contribution is 6.32. The van der Waals surface area contributed by atoms with Gasteiger partial charge in [-0.25, -0.2) is 0 Å². The fraction of sp³-hybridized carbons (Fsp3) is 0.429. The smallest absolute Gasteiger partial charge is 0.138 e. The second-order valence-corrected chi connectivity index (χ2v) is 5.38. The molecule has 0 aliphatic heterocycles. The van der Waals surface area contributed by atoms with Crippen LogP contribution in [0.15, 0.2) is 30.9 Å². The lowest BCUT2D eigenvalue weighted by molar-refractivity contribution is 0.363. The first-order chi connectivity index (χ1) is 7.92. The van der Waals surface area contributed by atoms with E-state index in [-0.39, 0.29) is 5.54 Å². The first-order valence-electron chi connectivity index (χ1n) is 5.69. The second kappa shape index (κ2) is 6.08. The number of hydrogen-bond acceptors (Lipinski definition) is 2. The Balaban J connectivity index is 2.65. The van der Waals surface area contributed by atoms with Crippen LogP contribution in [-0.4, -0.2) is 12.1 Å². The lowest BCUT2D eigenvalue weighted by Crippen LogP contribution is -2.35. The average molecular weight is 254 g/mol. The first-order valence-corrected chi connectivity index (χ1v) is 6.07. The van der Waals surface area contributed by atoms with Crippen LogP contribution >= 0.6 is 11.6 Å². The Morgan fingerprint density at radius 1 is 1.41 bits per heavy atom. The van der Waals surface area contributed by atoms with Crippen LogP contribution in [0.4, 0.5) is 0 Å². The van der Waals surface area contributed by atoms with Crippen LogP contribution in [0.5, 0.6) is 5.75 Å². The van der Waals surface area contributed by atoms with Crippen molar-refractivity contribution in [2.45, 2.75) is 32.9 Å². The standard InChI is InChI=1S/C14H20ClNO/c1-5-8-17-13-7-6-11(9-12(13)15)10-16-14(2,3)4/h5-7,9,16H,1,8,10H2,2-4H3. The van der Waals surface area contributed by atoms with Crippen molar-refractivity contribution < 1.29 is 4.74 Å². The van der Waals surface area contributed by atoms with Gasteiger partial charge in [-0.15, -0.1) is 0 Å². The van der Waals surface area contributed by atoms with Crippen molar-refractivity contribution in [2.75, 3.05) is 6.61 Å². The van der Waals surface area contributed by atoms with E-state index in [0.29, 0.717) is 17.4 Å². The third kappa shape index (κ3) is 5.24. The number of hydrogen-bond donors (Lipinski definition) is 1. The number of halogens is 1. The highest BCUT2D eigenvalue weighted by Crippen LogP contribution is 2.25. The topological polar surface area (TPSA) is 21.3 Å². The minimum Gasteiger partial charge on any atom is -0.488 e. The van der Waals surface area contributed by atoms with Crippen molar-refractivity contribution in [1.82, 2.24) is 5.32 Å². The van der Waals surface area contributed by atoms with Crippen molar-refractivity contribution in [3.63, 3.8) is 0 Å². The molecule has 0 bridgehead atoms. The van der Waals surface area contributed by atoms with Crippen molar-refractivity contribution in [3.05, 3.63) is 41.4 Å². The molecule has 0 spiro atoms. The normalized spacial score (nSPS) is 11.3. The first kappa shape index (κ1) is 14.1. The molecule has 0 saturated heterocycles. The van der Waals surface area contributed by atoms with Gasteiger partial charge in [0.15, 0.2) is 0 Å². The summed E-state index contributed by atoms with van der Waals surface area (Å²) in [7, 11) is 0. The molecular weight excluding hydrogens is 234 g/mol. The van der Waals surface area contributed by atoms with E-state index in [1.807, 2.05) is 18.2 Å². The van der Waals surface area contributed by atoms with Crippen LogP contribution in [0.25, 0.3) is 0 Å². The molecule has 1 aromatic carbocycles. The summed E-state index contributed by atoms with van der Waals surface area (Å²) < 4.78 is 5.42. The number of benzene rings is 1. The maximum atomic E-state index is 6.13. The van der Waals surface area contributed by atoms with E-state index >= 15 is 0 Å². The van der Waals surface area contributed by atoms with Crippen LogP contribution in [0.3, 0.4) is 0 Å². The van der Waals surface area contributed by atoms with Crippen LogP contribution in [0.2, 0.25) is 5.02 Å². The van der Waals surface area contributed by atoms with Gasteiger partial charge in [-0.2, -0.15) is 0 Å². The third-order valence-corrected chi connectivity index (χ3v) is 2.47. The summed E-state index contributed by atoms with van der Waals surface area (Å²) in [6.45, 7) is 11.3. The Morgan fingerprint density at radius 2 is 2.12 bits per heavy atom. The van der Waals surface area contributed by atoms with E-state index in [9.17, 15) is 0 Å². The Bertz CT molecular complexity index is 382. The van der Waals surface area contributed by atoms with E-state index in [1.165, 1.54) is 0 Å². The fourth-order valence-corrected chi connectivity index (χ4v) is 1.54. The Kier molecular flexibility index (Phi) is 5.03. The Labute approximate surface area is 109 Å². The van der Waals surface area contributed by atoms with Gasteiger partial charge in [0.05, 0.1) is 5.02 Å². The molecule has 0 aliphatic rings. The molecule has 0 aliphatic carbocycles. The van der Waals surface area contributed by atoms with Gasteiger partial charge >= 0.3 is 0 Å². The van der Waals surface area contributed by atoms with Crippen LogP contribution in [0.1, 0.15) is 26.3 Å². The summed E-state index contributed by atoms with van der Waals surface area (Å²) in [5.74, 6) is 0.700. The maximum absolute atomic E-state index is 6.13. The maximum Gasteiger partial charge on any atom is 0.138 e. The number of rotatable bonds is 5. The van der Waals surface area contributed by atoms with Crippen LogP contribution in [0, 0.1) is 0 Å². The summed E-state index contributed by atoms with van der Waals surface area (Å²) in [5.41, 5.74) is 1.25. The molecule has 0 radical (unpaired) electrons. The SMILES string of the molecule is C=CCOc1ccc(CNC(C)(C)C)cc1Cl. The molecule has 0 fully saturated rings. The lowest BCUT2D eigenvalue weighted by atomic mass is 10.1. The van der Waals surface area contributed by atoms with Gasteiger partial charge < -0.3 is 10.1 Å². The van der Waals surface area contributed by atoms with E-state index in [4.69, 9.17) is 16.3 Å². The summed E-state index contributed by atoms with van der Waals surface area (Å²) in [4.78, 5) is 0. The van der Waals surface area contributed by atoms with E-state index < -0.39 is 0 Å². The second-order valence-electron chi connectivity index (χ2n) is 4.97. The van der Waals surface area contributed by atoms with E-state index in [2.05, 4.69) is 32.7 Å². The monoisotopic (exact) mass is 253 g/mol.